The van der Waals surface area contributed by atoms with Crippen molar-refractivity contribution < 1.29 is 31.9 Å². The van der Waals surface area contributed by atoms with Gasteiger partial charge in [0.15, 0.2) is 5.76 Å². The largest absolute Gasteiger partial charge is 0.480 e. The number of carboxylic acid groups (broad SMARTS) is 1. The van der Waals surface area contributed by atoms with E-state index in [0.717, 1.165) is 11.2 Å². The summed E-state index contributed by atoms with van der Waals surface area (Å²) in [6, 6.07) is 8.06. The molecule has 10 heteroatoms. The predicted octanol–water partition coefficient (Wildman–Crippen LogP) is 1.19. The van der Waals surface area contributed by atoms with Crippen LogP contribution in [0.25, 0.3) is 0 Å². The summed E-state index contributed by atoms with van der Waals surface area (Å²) in [6.45, 7) is -0.764. The Morgan fingerprint density at radius 2 is 1.85 bits per heavy atom. The van der Waals surface area contributed by atoms with Gasteiger partial charge in [0.1, 0.15) is 18.1 Å². The Balaban J connectivity index is 2.14. The van der Waals surface area contributed by atoms with E-state index in [-0.39, 0.29) is 24.6 Å². The normalized spacial score (nSPS) is 11.3. The molecule has 0 fully saturated rings. The topological polar surface area (TPSA) is 117 Å². The van der Waals surface area contributed by atoms with Crippen molar-refractivity contribution in [2.24, 2.45) is 0 Å². The number of furan rings is 1. The molecule has 0 saturated carbocycles. The summed E-state index contributed by atoms with van der Waals surface area (Å²) < 4.78 is 42.7. The molecule has 26 heavy (non-hydrogen) atoms. The Bertz CT molecular complexity index is 892. The molecule has 0 bridgehead atoms. The van der Waals surface area contributed by atoms with Gasteiger partial charge in [-0.2, -0.15) is 0 Å². The lowest BCUT2D eigenvalue weighted by molar-refractivity contribution is -0.137. The second-order valence-corrected chi connectivity index (χ2v) is 7.37. The van der Waals surface area contributed by atoms with Gasteiger partial charge in [-0.05, 0) is 29.8 Å². The van der Waals surface area contributed by atoms with E-state index < -0.39 is 34.3 Å². The van der Waals surface area contributed by atoms with Gasteiger partial charge in [0, 0.05) is 6.54 Å². The molecular formula is C16H17FN2O6S. The van der Waals surface area contributed by atoms with Crippen LogP contribution in [0.15, 0.2) is 40.8 Å². The quantitative estimate of drug-likeness (QED) is 0.706. The molecule has 0 atom stereocenters. The molecule has 0 aliphatic heterocycles. The molecule has 0 aliphatic carbocycles. The third-order valence-corrected chi connectivity index (χ3v) is 3.95. The Hall–Kier alpha value is -2.72. The lowest BCUT2D eigenvalue weighted by Crippen LogP contribution is -2.35. The monoisotopic (exact) mass is 384 g/mol. The molecular weight excluding hydrogens is 367 g/mol. The molecule has 2 rings (SSSR count). The number of sulfonamides is 1. The molecule has 0 saturated heterocycles. The van der Waals surface area contributed by atoms with Crippen molar-refractivity contribution in [1.82, 2.24) is 9.62 Å². The lowest BCUT2D eigenvalue weighted by atomic mass is 10.2. The van der Waals surface area contributed by atoms with Gasteiger partial charge in [0.05, 0.1) is 12.8 Å². The van der Waals surface area contributed by atoms with Crippen LogP contribution in [0.4, 0.5) is 4.39 Å². The molecule has 8 nitrogen and oxygen atoms in total. The first-order chi connectivity index (χ1) is 12.1. The zero-order valence-electron chi connectivity index (χ0n) is 13.8. The Kier molecular flexibility index (Phi) is 6.11. The number of carbonyl (C=O) groups is 2. The number of nitrogens with one attached hydrogen (secondary N) is 1. The van der Waals surface area contributed by atoms with E-state index in [0.29, 0.717) is 5.56 Å². The molecule has 1 amide bonds. The van der Waals surface area contributed by atoms with Crippen LogP contribution in [0.2, 0.25) is 0 Å². The summed E-state index contributed by atoms with van der Waals surface area (Å²) in [4.78, 5) is 24.6. The number of amides is 1. The van der Waals surface area contributed by atoms with Crippen LogP contribution in [0.1, 0.15) is 21.9 Å². The number of hydrogen-bond acceptors (Lipinski definition) is 5. The number of hydrogen-bond donors (Lipinski definition) is 2. The van der Waals surface area contributed by atoms with Gasteiger partial charge < -0.3 is 14.4 Å². The standard InChI is InChI=1S/C16H17FN2O6S/c1-26(23,24)18-8-13-6-7-14(25-13)16(22)19(10-15(20)21)9-11-2-4-12(17)5-3-11/h2-7,18H,8-10H2,1H3,(H,20,21). The second kappa shape index (κ2) is 8.11. The highest BCUT2D eigenvalue weighted by atomic mass is 32.2. The van der Waals surface area contributed by atoms with Crippen molar-refractivity contribution in [1.29, 1.82) is 0 Å². The highest BCUT2D eigenvalue weighted by Crippen LogP contribution is 2.14. The van der Waals surface area contributed by atoms with Gasteiger partial charge >= 0.3 is 5.97 Å². The van der Waals surface area contributed by atoms with E-state index in [2.05, 4.69) is 4.72 Å². The lowest BCUT2D eigenvalue weighted by Gasteiger charge is -2.19. The summed E-state index contributed by atoms with van der Waals surface area (Å²) in [5.41, 5.74) is 0.548. The molecule has 0 spiro atoms. The SMILES string of the molecule is CS(=O)(=O)NCc1ccc(C(=O)N(CC(=O)O)Cc2ccc(F)cc2)o1. The molecule has 0 unspecified atom stereocenters. The molecule has 1 aromatic carbocycles. The first kappa shape index (κ1) is 19.6. The molecule has 2 N–H and O–H groups in total. The minimum Gasteiger partial charge on any atom is -0.480 e. The summed E-state index contributed by atoms with van der Waals surface area (Å²) >= 11 is 0. The fourth-order valence-electron chi connectivity index (χ4n) is 2.12. The third kappa shape index (κ3) is 5.97. The highest BCUT2D eigenvalue weighted by Gasteiger charge is 2.22. The van der Waals surface area contributed by atoms with Crippen molar-refractivity contribution in [3.63, 3.8) is 0 Å². The zero-order valence-corrected chi connectivity index (χ0v) is 14.6. The van der Waals surface area contributed by atoms with Gasteiger partial charge in [0.25, 0.3) is 5.91 Å². The van der Waals surface area contributed by atoms with Gasteiger partial charge in [-0.1, -0.05) is 12.1 Å². The summed E-state index contributed by atoms with van der Waals surface area (Å²) in [6.07, 6.45) is 0.985. The molecule has 0 aliphatic rings. The van der Waals surface area contributed by atoms with Crippen LogP contribution in [-0.4, -0.2) is 43.1 Å². The van der Waals surface area contributed by atoms with Gasteiger partial charge in [-0.3, -0.25) is 9.59 Å². The predicted molar refractivity (Wildman–Crippen MR) is 89.2 cm³/mol. The summed E-state index contributed by atoms with van der Waals surface area (Å²) in [5, 5.41) is 9.02. The first-order valence-electron chi connectivity index (χ1n) is 7.43. The number of carbonyl (C=O) groups excluding carboxylic acids is 1. The van der Waals surface area contributed by atoms with Crippen molar-refractivity contribution >= 4 is 21.9 Å². The fourth-order valence-corrected chi connectivity index (χ4v) is 2.52. The van der Waals surface area contributed by atoms with Crippen molar-refractivity contribution in [3.8, 4) is 0 Å². The Labute approximate surface area is 149 Å². The smallest absolute Gasteiger partial charge is 0.323 e. The van der Waals surface area contributed by atoms with E-state index in [1.807, 2.05) is 0 Å². The minimum atomic E-state index is -3.42. The van der Waals surface area contributed by atoms with Crippen molar-refractivity contribution in [2.45, 2.75) is 13.1 Å². The van der Waals surface area contributed by atoms with Crippen LogP contribution < -0.4 is 4.72 Å². The molecule has 2 aromatic rings. The van der Waals surface area contributed by atoms with E-state index >= 15 is 0 Å². The fraction of sp³-hybridized carbons (Fsp3) is 0.250. The maximum atomic E-state index is 13.0. The number of benzene rings is 1. The number of rotatable bonds is 8. The van der Waals surface area contributed by atoms with Gasteiger partial charge in [0.2, 0.25) is 10.0 Å². The van der Waals surface area contributed by atoms with Crippen molar-refractivity contribution in [3.05, 3.63) is 59.3 Å². The van der Waals surface area contributed by atoms with E-state index in [1.54, 1.807) is 0 Å². The van der Waals surface area contributed by atoms with Crippen molar-refractivity contribution in [2.75, 3.05) is 12.8 Å². The Morgan fingerprint density at radius 3 is 2.42 bits per heavy atom. The minimum absolute atomic E-state index is 0.0525. The number of carboxylic acids is 1. The van der Waals surface area contributed by atoms with Crippen LogP contribution in [0.5, 0.6) is 0 Å². The zero-order chi connectivity index (χ0) is 19.3. The highest BCUT2D eigenvalue weighted by molar-refractivity contribution is 7.88. The number of halogens is 1. The van der Waals surface area contributed by atoms with E-state index in [9.17, 15) is 22.4 Å². The van der Waals surface area contributed by atoms with Crippen LogP contribution in [0.3, 0.4) is 0 Å². The van der Waals surface area contributed by atoms with E-state index in [1.165, 1.54) is 36.4 Å². The average molecular weight is 384 g/mol. The van der Waals surface area contributed by atoms with Crippen LogP contribution in [0, 0.1) is 5.82 Å². The summed E-state index contributed by atoms with van der Waals surface area (Å²) in [7, 11) is -3.42. The van der Waals surface area contributed by atoms with Crippen LogP contribution in [-0.2, 0) is 27.9 Å². The molecule has 1 heterocycles. The molecule has 1 aromatic heterocycles. The third-order valence-electron chi connectivity index (χ3n) is 3.28. The average Bonchev–Trinajstić information content (AvgIpc) is 3.01. The second-order valence-electron chi connectivity index (χ2n) is 5.54. The van der Waals surface area contributed by atoms with Gasteiger partial charge in [-0.25, -0.2) is 17.5 Å². The molecule has 0 radical (unpaired) electrons. The number of nitrogens with zero attached hydrogens (tertiary/aromatic N) is 1. The number of aliphatic carboxylic acids is 1. The first-order valence-corrected chi connectivity index (χ1v) is 9.32. The van der Waals surface area contributed by atoms with Gasteiger partial charge in [-0.15, -0.1) is 0 Å². The molecule has 140 valence electrons. The maximum Gasteiger partial charge on any atom is 0.323 e. The maximum absolute atomic E-state index is 13.0. The Morgan fingerprint density at radius 1 is 1.19 bits per heavy atom. The summed E-state index contributed by atoms with van der Waals surface area (Å²) in [5.74, 6) is -2.26. The van der Waals surface area contributed by atoms with Crippen LogP contribution >= 0.6 is 0 Å². The van der Waals surface area contributed by atoms with E-state index in [4.69, 9.17) is 9.52 Å².